The van der Waals surface area contributed by atoms with Crippen LogP contribution in [0.15, 0.2) is 24.3 Å². The number of nitrogens with one attached hydrogen (secondary N) is 1. The lowest BCUT2D eigenvalue weighted by atomic mass is 10.2. The van der Waals surface area contributed by atoms with Gasteiger partial charge in [0.15, 0.2) is 0 Å². The summed E-state index contributed by atoms with van der Waals surface area (Å²) in [5, 5.41) is 3.34. The Kier molecular flexibility index (Phi) is 5.25. The predicted molar refractivity (Wildman–Crippen MR) is 102 cm³/mol. The molecule has 1 N–H and O–H groups in total. The minimum Gasteiger partial charge on any atom is -0.495 e. The number of rotatable bonds is 4. The minimum absolute atomic E-state index is 0.115. The van der Waals surface area contributed by atoms with E-state index in [1.165, 1.54) is 0 Å². The lowest BCUT2D eigenvalue weighted by Gasteiger charge is -2.34. The molecule has 1 aromatic carbocycles. The van der Waals surface area contributed by atoms with Gasteiger partial charge in [0.2, 0.25) is 11.9 Å². The number of hydrogen-bond donors (Lipinski definition) is 1. The second-order valence-corrected chi connectivity index (χ2v) is 6.52. The standard InChI is InChI=1S/C19H25N5O2/c1-13-5-6-17(26-4)16(11-13)21-18-12-14(2)20-19(22-18)24-9-7-23(8-10-24)15(3)25/h5-6,11-12H,7-10H2,1-4H3,(H,20,21,22). The SMILES string of the molecule is COc1ccc(C)cc1Nc1cc(C)nc(N2CCN(C(C)=O)CC2)n1. The van der Waals surface area contributed by atoms with Gasteiger partial charge in [0.1, 0.15) is 11.6 Å². The molecular formula is C19H25N5O2. The van der Waals surface area contributed by atoms with Crippen LogP contribution in [0.2, 0.25) is 0 Å². The third kappa shape index (κ3) is 4.04. The van der Waals surface area contributed by atoms with Crippen molar-refractivity contribution in [3.63, 3.8) is 0 Å². The third-order valence-electron chi connectivity index (χ3n) is 4.47. The maximum absolute atomic E-state index is 11.5. The van der Waals surface area contributed by atoms with Crippen molar-refractivity contribution >= 4 is 23.4 Å². The van der Waals surface area contributed by atoms with Crippen LogP contribution in [0.1, 0.15) is 18.2 Å². The molecule has 7 heteroatoms. The summed E-state index contributed by atoms with van der Waals surface area (Å²) in [5.41, 5.74) is 2.90. The molecule has 0 unspecified atom stereocenters. The van der Waals surface area contributed by atoms with E-state index in [2.05, 4.69) is 20.2 Å². The Morgan fingerprint density at radius 3 is 2.50 bits per heavy atom. The lowest BCUT2D eigenvalue weighted by molar-refractivity contribution is -0.129. The van der Waals surface area contributed by atoms with E-state index in [4.69, 9.17) is 4.74 Å². The molecule has 3 rings (SSSR count). The van der Waals surface area contributed by atoms with Gasteiger partial charge < -0.3 is 19.9 Å². The van der Waals surface area contributed by atoms with Gasteiger partial charge in [-0.1, -0.05) is 6.07 Å². The number of benzene rings is 1. The number of anilines is 3. The number of carbonyl (C=O) groups excluding carboxylic acids is 1. The van der Waals surface area contributed by atoms with Crippen LogP contribution in [-0.4, -0.2) is 54.1 Å². The number of piperazine rings is 1. The summed E-state index contributed by atoms with van der Waals surface area (Å²) < 4.78 is 5.43. The van der Waals surface area contributed by atoms with Crippen LogP contribution in [0.25, 0.3) is 0 Å². The number of aryl methyl sites for hydroxylation is 2. The summed E-state index contributed by atoms with van der Waals surface area (Å²) >= 11 is 0. The van der Waals surface area contributed by atoms with Crippen LogP contribution < -0.4 is 15.0 Å². The summed E-state index contributed by atoms with van der Waals surface area (Å²) in [6, 6.07) is 7.89. The van der Waals surface area contributed by atoms with Crippen molar-refractivity contribution in [3.8, 4) is 5.75 Å². The Hall–Kier alpha value is -2.83. The molecule has 0 aliphatic carbocycles. The highest BCUT2D eigenvalue weighted by Gasteiger charge is 2.21. The molecule has 1 fully saturated rings. The highest BCUT2D eigenvalue weighted by molar-refractivity contribution is 5.73. The lowest BCUT2D eigenvalue weighted by Crippen LogP contribution is -2.48. The van der Waals surface area contributed by atoms with Crippen LogP contribution in [0, 0.1) is 13.8 Å². The van der Waals surface area contributed by atoms with Crippen molar-refractivity contribution in [2.75, 3.05) is 43.5 Å². The Balaban J connectivity index is 1.81. The van der Waals surface area contributed by atoms with Gasteiger partial charge in [-0.25, -0.2) is 4.98 Å². The summed E-state index contributed by atoms with van der Waals surface area (Å²) in [5.74, 6) is 2.29. The first-order valence-corrected chi connectivity index (χ1v) is 8.74. The van der Waals surface area contributed by atoms with E-state index in [9.17, 15) is 4.79 Å². The quantitative estimate of drug-likeness (QED) is 0.909. The number of nitrogens with zero attached hydrogens (tertiary/aromatic N) is 4. The molecule has 1 aromatic heterocycles. The average molecular weight is 355 g/mol. The van der Waals surface area contributed by atoms with Gasteiger partial charge in [0.25, 0.3) is 0 Å². The first-order chi connectivity index (χ1) is 12.5. The summed E-state index contributed by atoms with van der Waals surface area (Å²) in [7, 11) is 1.65. The van der Waals surface area contributed by atoms with Crippen LogP contribution >= 0.6 is 0 Å². The van der Waals surface area contributed by atoms with E-state index in [1.807, 2.05) is 43.0 Å². The van der Waals surface area contributed by atoms with E-state index >= 15 is 0 Å². The molecule has 0 saturated carbocycles. The minimum atomic E-state index is 0.115. The predicted octanol–water partition coefficient (Wildman–Crippen LogP) is 2.51. The molecule has 0 radical (unpaired) electrons. The molecule has 0 spiro atoms. The smallest absolute Gasteiger partial charge is 0.227 e. The van der Waals surface area contributed by atoms with Crippen molar-refractivity contribution < 1.29 is 9.53 Å². The van der Waals surface area contributed by atoms with Gasteiger partial charge in [0, 0.05) is 44.9 Å². The van der Waals surface area contributed by atoms with Crippen LogP contribution in [0.5, 0.6) is 5.75 Å². The van der Waals surface area contributed by atoms with Crippen LogP contribution in [0.3, 0.4) is 0 Å². The van der Waals surface area contributed by atoms with Gasteiger partial charge in [-0.05, 0) is 31.5 Å². The summed E-state index contributed by atoms with van der Waals surface area (Å²) in [6.45, 7) is 8.45. The second-order valence-electron chi connectivity index (χ2n) is 6.52. The zero-order chi connectivity index (χ0) is 18.7. The molecular weight excluding hydrogens is 330 g/mol. The van der Waals surface area contributed by atoms with E-state index in [0.29, 0.717) is 19.0 Å². The second kappa shape index (κ2) is 7.59. The molecule has 0 bridgehead atoms. The monoisotopic (exact) mass is 355 g/mol. The number of hydrogen-bond acceptors (Lipinski definition) is 6. The Labute approximate surface area is 154 Å². The molecule has 1 amide bonds. The van der Waals surface area contributed by atoms with Gasteiger partial charge in [0.05, 0.1) is 12.8 Å². The number of amides is 1. The summed E-state index contributed by atoms with van der Waals surface area (Å²) in [4.78, 5) is 24.7. The first kappa shape index (κ1) is 18.0. The molecule has 1 aliphatic rings. The highest BCUT2D eigenvalue weighted by Crippen LogP contribution is 2.28. The third-order valence-corrected chi connectivity index (χ3v) is 4.47. The van der Waals surface area contributed by atoms with Crippen molar-refractivity contribution in [1.29, 1.82) is 0 Å². The van der Waals surface area contributed by atoms with Crippen LogP contribution in [-0.2, 0) is 4.79 Å². The molecule has 1 aliphatic heterocycles. The molecule has 138 valence electrons. The highest BCUT2D eigenvalue weighted by atomic mass is 16.5. The fourth-order valence-corrected chi connectivity index (χ4v) is 3.04. The largest absolute Gasteiger partial charge is 0.495 e. The summed E-state index contributed by atoms with van der Waals surface area (Å²) in [6.07, 6.45) is 0. The van der Waals surface area contributed by atoms with Gasteiger partial charge in [-0.3, -0.25) is 4.79 Å². The van der Waals surface area contributed by atoms with Crippen molar-refractivity contribution in [3.05, 3.63) is 35.5 Å². The average Bonchev–Trinajstić information content (AvgIpc) is 2.61. The maximum atomic E-state index is 11.5. The number of ether oxygens (including phenoxy) is 1. The van der Waals surface area contributed by atoms with Gasteiger partial charge >= 0.3 is 0 Å². The van der Waals surface area contributed by atoms with Gasteiger partial charge in [-0.15, -0.1) is 0 Å². The molecule has 7 nitrogen and oxygen atoms in total. The van der Waals surface area contributed by atoms with Crippen molar-refractivity contribution in [2.24, 2.45) is 0 Å². The number of carbonyl (C=O) groups is 1. The van der Waals surface area contributed by atoms with E-state index in [1.54, 1.807) is 14.0 Å². The fraction of sp³-hybridized carbons (Fsp3) is 0.421. The Bertz CT molecular complexity index is 801. The molecule has 0 atom stereocenters. The molecule has 2 heterocycles. The fourth-order valence-electron chi connectivity index (χ4n) is 3.04. The first-order valence-electron chi connectivity index (χ1n) is 8.74. The van der Waals surface area contributed by atoms with E-state index < -0.39 is 0 Å². The number of methoxy groups -OCH3 is 1. The zero-order valence-corrected chi connectivity index (χ0v) is 15.7. The van der Waals surface area contributed by atoms with Crippen molar-refractivity contribution in [2.45, 2.75) is 20.8 Å². The van der Waals surface area contributed by atoms with E-state index in [-0.39, 0.29) is 5.91 Å². The van der Waals surface area contributed by atoms with Gasteiger partial charge in [-0.2, -0.15) is 4.98 Å². The molecule has 2 aromatic rings. The van der Waals surface area contributed by atoms with Crippen LogP contribution in [0.4, 0.5) is 17.5 Å². The maximum Gasteiger partial charge on any atom is 0.227 e. The topological polar surface area (TPSA) is 70.6 Å². The van der Waals surface area contributed by atoms with Crippen molar-refractivity contribution in [1.82, 2.24) is 14.9 Å². The normalized spacial score (nSPS) is 14.3. The Morgan fingerprint density at radius 1 is 1.12 bits per heavy atom. The Morgan fingerprint density at radius 2 is 1.85 bits per heavy atom. The zero-order valence-electron chi connectivity index (χ0n) is 15.7. The number of aromatic nitrogens is 2. The molecule has 26 heavy (non-hydrogen) atoms. The van der Waals surface area contributed by atoms with E-state index in [0.717, 1.165) is 41.6 Å². The molecule has 1 saturated heterocycles.